The Hall–Kier alpha value is -3.10. The highest BCUT2D eigenvalue weighted by Crippen LogP contribution is 2.44. The van der Waals surface area contributed by atoms with Gasteiger partial charge in [-0.05, 0) is 73.9 Å². The largest absolute Gasteiger partial charge is 0.382 e. The number of amidine groups is 2. The molecular weight excluding hydrogens is 490 g/mol. The predicted molar refractivity (Wildman–Crippen MR) is 147 cm³/mol. The van der Waals surface area contributed by atoms with E-state index in [0.717, 1.165) is 71.8 Å². The number of aliphatic imine (C=N–C) groups is 2. The van der Waals surface area contributed by atoms with Gasteiger partial charge in [0.2, 0.25) is 0 Å². The van der Waals surface area contributed by atoms with Gasteiger partial charge >= 0.3 is 0 Å². The molecule has 1 saturated heterocycles. The van der Waals surface area contributed by atoms with E-state index in [-0.39, 0.29) is 0 Å². The molecule has 0 aromatic carbocycles. The van der Waals surface area contributed by atoms with E-state index in [1.54, 1.807) is 6.20 Å². The molecule has 4 aliphatic rings. The summed E-state index contributed by atoms with van der Waals surface area (Å²) in [6.45, 7) is 4.06. The number of pyridine rings is 2. The molecule has 36 heavy (non-hydrogen) atoms. The molecule has 1 spiro atoms. The van der Waals surface area contributed by atoms with Crippen LogP contribution in [0.4, 0.5) is 5.82 Å². The monoisotopic (exact) mass is 517 g/mol. The van der Waals surface area contributed by atoms with Gasteiger partial charge in [0.25, 0.3) is 0 Å². The van der Waals surface area contributed by atoms with Crippen LogP contribution in [0, 0.1) is 12.3 Å². The number of aryl methyl sites for hydroxylation is 1. The maximum absolute atomic E-state index is 6.37. The molecule has 1 fully saturated rings. The number of aromatic nitrogens is 2. The molecule has 1 aliphatic carbocycles. The van der Waals surface area contributed by atoms with Crippen LogP contribution in [0.3, 0.4) is 0 Å². The molecule has 0 saturated carbocycles. The van der Waals surface area contributed by atoms with Crippen molar-refractivity contribution >= 4 is 40.9 Å². The molecule has 5 heterocycles. The summed E-state index contributed by atoms with van der Waals surface area (Å²) in [7, 11) is 2.00. The molecule has 0 unspecified atom stereocenters. The molecule has 2 N–H and O–H groups in total. The van der Waals surface area contributed by atoms with E-state index >= 15 is 0 Å². The molecule has 0 radical (unpaired) electrons. The number of thioether (sulfide) groups is 1. The molecule has 0 amide bonds. The van der Waals surface area contributed by atoms with Crippen molar-refractivity contribution in [3.63, 3.8) is 0 Å². The van der Waals surface area contributed by atoms with E-state index in [1.807, 2.05) is 42.4 Å². The summed E-state index contributed by atoms with van der Waals surface area (Å²) in [6, 6.07) is 6.28. The average molecular weight is 518 g/mol. The van der Waals surface area contributed by atoms with E-state index in [4.69, 9.17) is 32.3 Å². The van der Waals surface area contributed by atoms with Crippen molar-refractivity contribution < 1.29 is 0 Å². The number of nitrogens with zero attached hydrogens (tertiary/aromatic N) is 6. The third-order valence-electron chi connectivity index (χ3n) is 7.48. The number of nitrogen functional groups attached to an aromatic ring is 1. The number of anilines is 1. The minimum absolute atomic E-state index is 0.326. The van der Waals surface area contributed by atoms with Crippen molar-refractivity contribution in [2.75, 3.05) is 25.9 Å². The fourth-order valence-corrected chi connectivity index (χ4v) is 6.64. The third kappa shape index (κ3) is 4.22. The minimum atomic E-state index is 0.326. The van der Waals surface area contributed by atoms with Crippen LogP contribution >= 0.6 is 23.4 Å². The van der Waals surface area contributed by atoms with Gasteiger partial charge in [-0.15, -0.1) is 0 Å². The van der Waals surface area contributed by atoms with Gasteiger partial charge in [-0.3, -0.25) is 4.98 Å². The van der Waals surface area contributed by atoms with Crippen molar-refractivity contribution in [1.82, 2.24) is 19.8 Å². The second kappa shape index (κ2) is 9.09. The third-order valence-corrected chi connectivity index (χ3v) is 9.09. The summed E-state index contributed by atoms with van der Waals surface area (Å²) < 4.78 is 0. The van der Waals surface area contributed by atoms with Crippen LogP contribution in [0.25, 0.3) is 0 Å². The van der Waals surface area contributed by atoms with Crippen LogP contribution in [0.2, 0.25) is 5.02 Å². The zero-order chi connectivity index (χ0) is 24.9. The summed E-state index contributed by atoms with van der Waals surface area (Å²) >= 11 is 7.90. The van der Waals surface area contributed by atoms with Crippen LogP contribution in [0.1, 0.15) is 29.8 Å². The Morgan fingerprint density at radius 2 is 1.94 bits per heavy atom. The topological polar surface area (TPSA) is 83.0 Å². The van der Waals surface area contributed by atoms with Crippen molar-refractivity contribution in [2.45, 2.75) is 37.5 Å². The van der Waals surface area contributed by atoms with Crippen molar-refractivity contribution in [3.05, 3.63) is 81.5 Å². The average Bonchev–Trinajstić information content (AvgIpc) is 3.21. The SMILES string of the molecule is Cc1ccc2c(n1)CC1(CCN(/C3=N/C4=CC=C(Sc5ccnc(N)c5Cl)/C(=N/C=C3)N4C)CC1)C2. The summed E-state index contributed by atoms with van der Waals surface area (Å²) in [5.74, 6) is 2.98. The Bertz CT molecular complexity index is 1380. The van der Waals surface area contributed by atoms with E-state index in [2.05, 4.69) is 28.9 Å². The number of rotatable bonds is 2. The highest BCUT2D eigenvalue weighted by atomic mass is 35.5. The number of likely N-dealkylation sites (tertiary alicyclic amines) is 1. The quantitative estimate of drug-likeness (QED) is 0.604. The zero-order valence-electron chi connectivity index (χ0n) is 20.4. The number of fused-ring (bicyclic) bond motifs is 3. The number of hydrogen-bond acceptors (Lipinski definition) is 8. The Labute approximate surface area is 220 Å². The molecular formula is C27H28ClN7S. The normalized spacial score (nSPS) is 23.2. The number of piperidine rings is 1. The molecule has 3 aliphatic heterocycles. The second-order valence-corrected chi connectivity index (χ2v) is 11.3. The van der Waals surface area contributed by atoms with E-state index in [1.165, 1.54) is 23.0 Å². The molecule has 2 bridgehead atoms. The lowest BCUT2D eigenvalue weighted by Crippen LogP contribution is -2.43. The molecule has 2 aromatic heterocycles. The molecule has 184 valence electrons. The lowest BCUT2D eigenvalue weighted by molar-refractivity contribution is 0.158. The molecule has 6 rings (SSSR count). The van der Waals surface area contributed by atoms with Crippen LogP contribution in [0.5, 0.6) is 0 Å². The van der Waals surface area contributed by atoms with Gasteiger partial charge in [0.15, 0.2) is 0 Å². The predicted octanol–water partition coefficient (Wildman–Crippen LogP) is 4.99. The number of nitrogens with two attached hydrogens (primary N) is 1. The van der Waals surface area contributed by atoms with Crippen molar-refractivity contribution in [2.24, 2.45) is 15.4 Å². The van der Waals surface area contributed by atoms with Crippen LogP contribution in [-0.2, 0) is 12.8 Å². The molecule has 9 heteroatoms. The zero-order valence-corrected chi connectivity index (χ0v) is 22.0. The first-order valence-corrected chi connectivity index (χ1v) is 13.4. The smallest absolute Gasteiger partial charge is 0.147 e. The lowest BCUT2D eigenvalue weighted by Gasteiger charge is -2.40. The molecule has 7 nitrogen and oxygen atoms in total. The van der Waals surface area contributed by atoms with Gasteiger partial charge in [-0.2, -0.15) is 0 Å². The van der Waals surface area contributed by atoms with Gasteiger partial charge in [0, 0.05) is 48.8 Å². The standard InChI is InChI=1S/C27H28ClN7S/c1-17-3-4-18-15-27(16-19(18)32-17)9-13-35(14-10-27)23-8-12-31-26-21(5-6-22(33-23)34(26)2)36-20-7-11-30-25(29)24(20)28/h3-8,11-12H,9-10,13-16H2,1-2H3,(H2,29,30)/b12-8?,23-8?,31-12?,31-26-,33-22?,33-23+. The Balaban J connectivity index is 1.19. The Morgan fingerprint density at radius 1 is 1.11 bits per heavy atom. The van der Waals surface area contributed by atoms with Crippen LogP contribution < -0.4 is 5.73 Å². The molecule has 2 aromatic rings. The van der Waals surface area contributed by atoms with Crippen molar-refractivity contribution in [1.29, 1.82) is 0 Å². The van der Waals surface area contributed by atoms with Gasteiger partial charge in [-0.1, -0.05) is 29.4 Å². The first kappa shape index (κ1) is 23.3. The second-order valence-electron chi connectivity index (χ2n) is 9.86. The Morgan fingerprint density at radius 3 is 2.78 bits per heavy atom. The van der Waals surface area contributed by atoms with Crippen LogP contribution in [-0.4, -0.2) is 51.6 Å². The number of likely N-dealkylation sites (N-methyl/N-ethyl adjacent to an activating group) is 1. The first-order chi connectivity index (χ1) is 17.4. The highest BCUT2D eigenvalue weighted by molar-refractivity contribution is 8.04. The molecule has 0 atom stereocenters. The summed E-state index contributed by atoms with van der Waals surface area (Å²) in [5, 5.41) is 0.460. The number of hydrogen-bond donors (Lipinski definition) is 1. The maximum atomic E-state index is 6.37. The van der Waals surface area contributed by atoms with Crippen molar-refractivity contribution in [3.8, 4) is 0 Å². The van der Waals surface area contributed by atoms with E-state index < -0.39 is 0 Å². The lowest BCUT2D eigenvalue weighted by atomic mass is 9.76. The Kier molecular flexibility index (Phi) is 5.88. The summed E-state index contributed by atoms with van der Waals surface area (Å²) in [6.07, 6.45) is 14.2. The highest BCUT2D eigenvalue weighted by Gasteiger charge is 2.41. The fourth-order valence-electron chi connectivity index (χ4n) is 5.44. The summed E-state index contributed by atoms with van der Waals surface area (Å²) in [5.41, 5.74) is 10.1. The number of allylic oxidation sites excluding steroid dienone is 2. The summed E-state index contributed by atoms with van der Waals surface area (Å²) in [4.78, 5) is 24.9. The van der Waals surface area contributed by atoms with Gasteiger partial charge in [0.05, 0.1) is 9.93 Å². The fraction of sp³-hybridized carbons (Fsp3) is 0.333. The number of halogens is 1. The van der Waals surface area contributed by atoms with Gasteiger partial charge < -0.3 is 15.5 Å². The van der Waals surface area contributed by atoms with E-state index in [0.29, 0.717) is 16.3 Å². The van der Waals surface area contributed by atoms with Gasteiger partial charge in [0.1, 0.15) is 23.3 Å². The first-order valence-electron chi connectivity index (χ1n) is 12.2. The van der Waals surface area contributed by atoms with E-state index in [9.17, 15) is 0 Å². The van der Waals surface area contributed by atoms with Crippen LogP contribution in [0.15, 0.2) is 74.4 Å². The van der Waals surface area contributed by atoms with Gasteiger partial charge in [-0.25, -0.2) is 15.0 Å². The maximum Gasteiger partial charge on any atom is 0.147 e. The minimum Gasteiger partial charge on any atom is -0.382 e.